The van der Waals surface area contributed by atoms with Crippen LogP contribution in [0, 0.1) is 12.7 Å². The minimum absolute atomic E-state index is 0.132. The highest BCUT2D eigenvalue weighted by Crippen LogP contribution is 2.23. The van der Waals surface area contributed by atoms with Crippen molar-refractivity contribution in [2.24, 2.45) is 0 Å². The molecular formula is C15H15FN2O2. The van der Waals surface area contributed by atoms with Crippen LogP contribution in [0.5, 0.6) is 0 Å². The van der Waals surface area contributed by atoms with E-state index in [1.54, 1.807) is 0 Å². The van der Waals surface area contributed by atoms with Crippen molar-refractivity contribution in [2.75, 3.05) is 5.32 Å². The van der Waals surface area contributed by atoms with Crippen LogP contribution in [-0.4, -0.2) is 16.1 Å². The second-order valence-electron chi connectivity index (χ2n) is 4.58. The van der Waals surface area contributed by atoms with Crippen LogP contribution >= 0.6 is 0 Å². The summed E-state index contributed by atoms with van der Waals surface area (Å²) >= 11 is 0. The highest BCUT2D eigenvalue weighted by molar-refractivity contribution is 5.93. The maximum Gasteiger partial charge on any atom is 0.339 e. The Balaban J connectivity index is 2.31. The van der Waals surface area contributed by atoms with Gasteiger partial charge in [-0.1, -0.05) is 24.3 Å². The third-order valence-corrected chi connectivity index (χ3v) is 3.09. The van der Waals surface area contributed by atoms with Gasteiger partial charge >= 0.3 is 5.97 Å². The minimum atomic E-state index is -1.21. The number of nitrogens with one attached hydrogen (secondary N) is 1. The summed E-state index contributed by atoms with van der Waals surface area (Å²) in [6, 6.07) is 8.61. The number of pyridine rings is 1. The van der Waals surface area contributed by atoms with Gasteiger partial charge in [-0.15, -0.1) is 0 Å². The van der Waals surface area contributed by atoms with E-state index in [9.17, 15) is 9.18 Å². The molecule has 0 aliphatic rings. The molecule has 0 spiro atoms. The zero-order valence-corrected chi connectivity index (χ0v) is 11.2. The Bertz CT molecular complexity index is 644. The van der Waals surface area contributed by atoms with Crippen molar-refractivity contribution in [3.05, 3.63) is 59.0 Å². The van der Waals surface area contributed by atoms with Crippen LogP contribution in [0.4, 0.5) is 10.2 Å². The summed E-state index contributed by atoms with van der Waals surface area (Å²) in [4.78, 5) is 14.9. The molecule has 2 aromatic rings. The van der Waals surface area contributed by atoms with Crippen LogP contribution in [0.15, 0.2) is 36.5 Å². The largest absolute Gasteiger partial charge is 0.478 e. The Kier molecular flexibility index (Phi) is 3.98. The number of hydrogen-bond donors (Lipinski definition) is 2. The molecule has 0 aliphatic heterocycles. The Hall–Kier alpha value is -2.43. The number of aryl methyl sites for hydroxylation is 1. The molecule has 0 radical (unpaired) electrons. The van der Waals surface area contributed by atoms with Crippen LogP contribution in [0.2, 0.25) is 0 Å². The van der Waals surface area contributed by atoms with E-state index in [1.165, 1.54) is 0 Å². The highest BCUT2D eigenvalue weighted by Gasteiger charge is 2.16. The summed E-state index contributed by atoms with van der Waals surface area (Å²) in [5.74, 6) is -1.72. The first-order chi connectivity index (χ1) is 9.49. The average molecular weight is 274 g/mol. The second kappa shape index (κ2) is 5.69. The van der Waals surface area contributed by atoms with Crippen molar-refractivity contribution in [1.82, 2.24) is 4.98 Å². The highest BCUT2D eigenvalue weighted by atomic mass is 19.1. The van der Waals surface area contributed by atoms with E-state index in [1.807, 2.05) is 38.1 Å². The van der Waals surface area contributed by atoms with Crippen molar-refractivity contribution in [3.63, 3.8) is 0 Å². The maximum absolute atomic E-state index is 13.1. The van der Waals surface area contributed by atoms with Gasteiger partial charge in [-0.05, 0) is 31.0 Å². The van der Waals surface area contributed by atoms with Crippen molar-refractivity contribution >= 4 is 11.8 Å². The lowest BCUT2D eigenvalue weighted by Crippen LogP contribution is -2.13. The van der Waals surface area contributed by atoms with Crippen LogP contribution in [-0.2, 0) is 0 Å². The van der Waals surface area contributed by atoms with Gasteiger partial charge in [-0.25, -0.2) is 14.2 Å². The molecule has 0 fully saturated rings. The number of carboxylic acids is 1. The van der Waals surface area contributed by atoms with Crippen molar-refractivity contribution in [3.8, 4) is 0 Å². The number of halogens is 1. The number of carboxylic acid groups (broad SMARTS) is 1. The summed E-state index contributed by atoms with van der Waals surface area (Å²) in [5, 5.41) is 12.1. The van der Waals surface area contributed by atoms with Gasteiger partial charge in [0.25, 0.3) is 0 Å². The van der Waals surface area contributed by atoms with Gasteiger partial charge in [0, 0.05) is 0 Å². The van der Waals surface area contributed by atoms with Gasteiger partial charge in [0.05, 0.1) is 12.2 Å². The van der Waals surface area contributed by atoms with E-state index in [0.717, 1.165) is 23.4 Å². The van der Waals surface area contributed by atoms with Crippen molar-refractivity contribution in [2.45, 2.75) is 19.9 Å². The number of aromatic nitrogens is 1. The Morgan fingerprint density at radius 2 is 2.10 bits per heavy atom. The molecule has 1 atom stereocenters. The number of rotatable bonds is 4. The van der Waals surface area contributed by atoms with Crippen LogP contribution in [0.3, 0.4) is 0 Å². The molecule has 20 heavy (non-hydrogen) atoms. The molecule has 2 rings (SSSR count). The minimum Gasteiger partial charge on any atom is -0.478 e. The first-order valence-electron chi connectivity index (χ1n) is 6.20. The molecule has 4 nitrogen and oxygen atoms in total. The first kappa shape index (κ1) is 14.0. The monoisotopic (exact) mass is 274 g/mol. The molecule has 1 unspecified atom stereocenters. The van der Waals surface area contributed by atoms with Crippen molar-refractivity contribution in [1.29, 1.82) is 0 Å². The second-order valence-corrected chi connectivity index (χ2v) is 4.58. The SMILES string of the molecule is Cc1ccccc1C(C)Nc1ncc(F)cc1C(=O)O. The predicted octanol–water partition coefficient (Wildman–Crippen LogP) is 3.40. The molecule has 1 heterocycles. The Labute approximate surface area is 116 Å². The lowest BCUT2D eigenvalue weighted by molar-refractivity contribution is 0.0697. The molecule has 0 aliphatic carbocycles. The molecule has 5 heteroatoms. The standard InChI is InChI=1S/C15H15FN2O2/c1-9-5-3-4-6-12(9)10(2)18-14-13(15(19)20)7-11(16)8-17-14/h3-8,10H,1-2H3,(H,17,18)(H,19,20). The molecule has 1 aromatic heterocycles. The predicted molar refractivity (Wildman–Crippen MR) is 74.4 cm³/mol. The molecule has 0 saturated carbocycles. The van der Waals surface area contributed by atoms with Gasteiger partial charge < -0.3 is 10.4 Å². The van der Waals surface area contributed by atoms with Crippen LogP contribution < -0.4 is 5.32 Å². The quantitative estimate of drug-likeness (QED) is 0.897. The lowest BCUT2D eigenvalue weighted by Gasteiger charge is -2.18. The molecule has 0 saturated heterocycles. The normalized spacial score (nSPS) is 11.9. The topological polar surface area (TPSA) is 62.2 Å². The molecule has 0 amide bonds. The summed E-state index contributed by atoms with van der Waals surface area (Å²) in [5.41, 5.74) is 1.95. The number of anilines is 1. The molecule has 2 N–H and O–H groups in total. The van der Waals surface area contributed by atoms with Gasteiger partial charge in [-0.2, -0.15) is 0 Å². The fourth-order valence-corrected chi connectivity index (χ4v) is 2.07. The third kappa shape index (κ3) is 2.93. The lowest BCUT2D eigenvalue weighted by atomic mass is 10.0. The van der Waals surface area contributed by atoms with Gasteiger partial charge in [0.15, 0.2) is 0 Å². The van der Waals surface area contributed by atoms with E-state index in [4.69, 9.17) is 5.11 Å². The number of benzene rings is 1. The van der Waals surface area contributed by atoms with E-state index in [2.05, 4.69) is 10.3 Å². The van der Waals surface area contributed by atoms with Gasteiger partial charge in [0.2, 0.25) is 0 Å². The first-order valence-corrected chi connectivity index (χ1v) is 6.20. The Morgan fingerprint density at radius 3 is 2.75 bits per heavy atom. The van der Waals surface area contributed by atoms with Crippen molar-refractivity contribution < 1.29 is 14.3 Å². The zero-order chi connectivity index (χ0) is 14.7. The zero-order valence-electron chi connectivity index (χ0n) is 11.2. The number of carbonyl (C=O) groups is 1. The Morgan fingerprint density at radius 1 is 1.40 bits per heavy atom. The van der Waals surface area contributed by atoms with Crippen LogP contribution in [0.25, 0.3) is 0 Å². The number of aromatic carboxylic acids is 1. The fourth-order valence-electron chi connectivity index (χ4n) is 2.07. The molecule has 104 valence electrons. The van der Waals surface area contributed by atoms with E-state index >= 15 is 0 Å². The van der Waals surface area contributed by atoms with Gasteiger partial charge in [0.1, 0.15) is 17.2 Å². The smallest absolute Gasteiger partial charge is 0.339 e. The molecule has 1 aromatic carbocycles. The molecular weight excluding hydrogens is 259 g/mol. The third-order valence-electron chi connectivity index (χ3n) is 3.09. The van der Waals surface area contributed by atoms with E-state index in [0.29, 0.717) is 0 Å². The fraction of sp³-hybridized carbons (Fsp3) is 0.200. The van der Waals surface area contributed by atoms with Gasteiger partial charge in [-0.3, -0.25) is 0 Å². The number of hydrogen-bond acceptors (Lipinski definition) is 3. The average Bonchev–Trinajstić information content (AvgIpc) is 2.41. The number of nitrogens with zero attached hydrogens (tertiary/aromatic N) is 1. The summed E-state index contributed by atoms with van der Waals surface area (Å²) in [6.45, 7) is 3.88. The maximum atomic E-state index is 13.1. The summed E-state index contributed by atoms with van der Waals surface area (Å²) in [7, 11) is 0. The van der Waals surface area contributed by atoms with E-state index < -0.39 is 11.8 Å². The summed E-state index contributed by atoms with van der Waals surface area (Å²) < 4.78 is 13.1. The van der Waals surface area contributed by atoms with E-state index in [-0.39, 0.29) is 17.4 Å². The van der Waals surface area contributed by atoms with Crippen LogP contribution in [0.1, 0.15) is 34.5 Å². The summed E-state index contributed by atoms with van der Waals surface area (Å²) in [6.07, 6.45) is 0.999. The molecule has 0 bridgehead atoms.